The highest BCUT2D eigenvalue weighted by Crippen LogP contribution is 2.39. The minimum Gasteiger partial charge on any atom is -0.489 e. The lowest BCUT2D eigenvalue weighted by atomic mass is 9.92. The number of rotatable bonds is 9. The largest absolute Gasteiger partial charge is 0.489 e. The predicted octanol–water partition coefficient (Wildman–Crippen LogP) is 3.32. The molecule has 3 saturated heterocycles. The number of ether oxygens (including phenoxy) is 1. The Labute approximate surface area is 325 Å². The maximum Gasteiger partial charge on any atom is 0.261 e. The van der Waals surface area contributed by atoms with Gasteiger partial charge in [0.05, 0.1) is 37.6 Å². The van der Waals surface area contributed by atoms with Gasteiger partial charge in [-0.05, 0) is 69.0 Å². The Morgan fingerprint density at radius 2 is 1.79 bits per heavy atom. The van der Waals surface area contributed by atoms with Gasteiger partial charge in [0.15, 0.2) is 11.3 Å². The summed E-state index contributed by atoms with van der Waals surface area (Å²) in [5, 5.41) is 9.40. The minimum atomic E-state index is -1.54. The van der Waals surface area contributed by atoms with Gasteiger partial charge < -0.3 is 24.8 Å². The van der Waals surface area contributed by atoms with E-state index in [1.54, 1.807) is 41.6 Å². The molecule has 3 fully saturated rings. The molecule has 4 aromatic rings. The second-order valence-corrected chi connectivity index (χ2v) is 15.9. The van der Waals surface area contributed by atoms with Crippen LogP contribution in [-0.4, -0.2) is 115 Å². The van der Waals surface area contributed by atoms with Gasteiger partial charge >= 0.3 is 0 Å². The second kappa shape index (κ2) is 13.9. The summed E-state index contributed by atoms with van der Waals surface area (Å²) >= 11 is 0. The summed E-state index contributed by atoms with van der Waals surface area (Å²) in [6.45, 7) is 5.46. The zero-order valence-electron chi connectivity index (χ0n) is 31.5. The van der Waals surface area contributed by atoms with Crippen LogP contribution in [-0.2, 0) is 22.7 Å². The molecule has 0 saturated carbocycles. The summed E-state index contributed by atoms with van der Waals surface area (Å²) in [6, 6.07) is 7.18. The van der Waals surface area contributed by atoms with Crippen LogP contribution < -0.4 is 20.3 Å². The van der Waals surface area contributed by atoms with Crippen LogP contribution in [0.1, 0.15) is 81.7 Å². The molecule has 2 aromatic heterocycles. The summed E-state index contributed by atoms with van der Waals surface area (Å²) in [5.41, 5.74) is 1.66. The first-order valence-corrected chi connectivity index (χ1v) is 19.2. The van der Waals surface area contributed by atoms with Crippen LogP contribution in [0.2, 0.25) is 0 Å². The van der Waals surface area contributed by atoms with Crippen LogP contribution in [0.25, 0.3) is 5.65 Å². The van der Waals surface area contributed by atoms with E-state index in [0.29, 0.717) is 66.4 Å². The third-order valence-corrected chi connectivity index (χ3v) is 11.6. The third-order valence-electron chi connectivity index (χ3n) is 11.6. The minimum absolute atomic E-state index is 0.0314. The van der Waals surface area contributed by atoms with Crippen molar-refractivity contribution in [3.8, 4) is 5.75 Å². The lowest BCUT2D eigenvalue weighted by Gasteiger charge is -2.49. The fourth-order valence-corrected chi connectivity index (χ4v) is 8.78. The van der Waals surface area contributed by atoms with E-state index in [1.165, 1.54) is 21.7 Å². The number of aromatic nitrogens is 3. The SMILES string of the molecule is CC(C)Oc1cc2c(cc1NC(=O)c1cnn3cccnc13)CN(C1CCN(CC3(F)CN(c4cc(F)c5c(c4)C(=O)N(C4CCC(=O)NC4=O)C5)C3)CC1)C2=O. The maximum absolute atomic E-state index is 16.1. The Bertz CT molecular complexity index is 2350. The van der Waals surface area contributed by atoms with E-state index in [1.807, 2.05) is 18.7 Å². The number of hydrogen-bond acceptors (Lipinski definition) is 10. The number of likely N-dealkylation sites (tertiary alicyclic amines) is 1. The standard InChI is InChI=1S/C40H41F2N9O6/c1-22(2)57-33-15-26-23(12-31(33)45-36(53)28-16-44-51-9-3-8-43-35(28)51)17-49(38(26)55)24-6-10-47(11-7-24)19-40(42)20-48(21-40)25-13-27-29(30(41)14-25)18-50(39(27)56)32-4-5-34(52)46-37(32)54/h3,8-9,12-16,22,24,32H,4-7,10-11,17-21H2,1-2H3,(H,45,53)(H,46,52,54). The summed E-state index contributed by atoms with van der Waals surface area (Å²) < 4.78 is 39.0. The molecule has 0 aliphatic carbocycles. The van der Waals surface area contributed by atoms with Gasteiger partial charge in [0, 0.05) is 73.4 Å². The number of nitrogens with one attached hydrogen (secondary N) is 2. The van der Waals surface area contributed by atoms with Crippen molar-refractivity contribution in [3.05, 3.63) is 82.6 Å². The fraction of sp³-hybridized carbons (Fsp3) is 0.425. The van der Waals surface area contributed by atoms with Crippen LogP contribution >= 0.6 is 0 Å². The van der Waals surface area contributed by atoms with Gasteiger partial charge in [0.1, 0.15) is 23.2 Å². The Hall–Kier alpha value is -5.97. The van der Waals surface area contributed by atoms with Gasteiger partial charge in [0.25, 0.3) is 17.7 Å². The first-order valence-electron chi connectivity index (χ1n) is 19.2. The zero-order chi connectivity index (χ0) is 39.7. The second-order valence-electron chi connectivity index (χ2n) is 15.9. The molecule has 15 nitrogen and oxygen atoms in total. The number of benzene rings is 2. The van der Waals surface area contributed by atoms with Crippen molar-refractivity contribution < 1.29 is 37.5 Å². The van der Waals surface area contributed by atoms with Gasteiger partial charge in [-0.25, -0.2) is 18.3 Å². The number of halogens is 2. The number of imide groups is 1. The number of carbonyl (C=O) groups is 5. The lowest BCUT2D eigenvalue weighted by Crippen LogP contribution is -2.64. The molecule has 1 atom stereocenters. The molecular weight excluding hydrogens is 740 g/mol. The molecule has 9 rings (SSSR count). The highest BCUT2D eigenvalue weighted by Gasteiger charge is 2.47. The molecule has 17 heteroatoms. The molecule has 0 radical (unpaired) electrons. The first kappa shape index (κ1) is 36.7. The molecule has 5 aliphatic heterocycles. The van der Waals surface area contributed by atoms with Crippen molar-refractivity contribution in [2.45, 2.75) is 76.5 Å². The third kappa shape index (κ3) is 6.62. The molecule has 296 valence electrons. The van der Waals surface area contributed by atoms with Crippen molar-refractivity contribution in [1.82, 2.24) is 34.6 Å². The van der Waals surface area contributed by atoms with Gasteiger partial charge in [-0.3, -0.25) is 34.2 Å². The van der Waals surface area contributed by atoms with E-state index in [4.69, 9.17) is 4.74 Å². The van der Waals surface area contributed by atoms with Crippen molar-refractivity contribution in [2.24, 2.45) is 0 Å². The Kier molecular flexibility index (Phi) is 8.94. The smallest absolute Gasteiger partial charge is 0.261 e. The highest BCUT2D eigenvalue weighted by atomic mass is 19.1. The molecule has 5 aliphatic rings. The van der Waals surface area contributed by atoms with Crippen LogP contribution in [0.5, 0.6) is 5.75 Å². The molecule has 5 amide bonds. The molecule has 2 aromatic carbocycles. The van der Waals surface area contributed by atoms with E-state index >= 15 is 8.78 Å². The molecule has 2 N–H and O–H groups in total. The van der Waals surface area contributed by atoms with Crippen molar-refractivity contribution in [3.63, 3.8) is 0 Å². The van der Waals surface area contributed by atoms with Crippen LogP contribution in [0.3, 0.4) is 0 Å². The average Bonchev–Trinajstić information content (AvgIpc) is 3.84. The van der Waals surface area contributed by atoms with Gasteiger partial charge in [-0.15, -0.1) is 0 Å². The van der Waals surface area contributed by atoms with E-state index < -0.39 is 41.2 Å². The Morgan fingerprint density at radius 1 is 1.02 bits per heavy atom. The molecule has 7 heterocycles. The number of nitrogens with zero attached hydrogens (tertiary/aromatic N) is 7. The Balaban J connectivity index is 0.810. The first-order chi connectivity index (χ1) is 27.3. The monoisotopic (exact) mass is 781 g/mol. The summed E-state index contributed by atoms with van der Waals surface area (Å²) in [7, 11) is 0. The topological polar surface area (TPSA) is 162 Å². The Morgan fingerprint density at radius 3 is 2.54 bits per heavy atom. The van der Waals surface area contributed by atoms with Gasteiger partial charge in [-0.2, -0.15) is 5.10 Å². The number of fused-ring (bicyclic) bond motifs is 3. The molecule has 1 unspecified atom stereocenters. The van der Waals surface area contributed by atoms with Crippen LogP contribution in [0.15, 0.2) is 48.9 Å². The molecule has 0 spiro atoms. The van der Waals surface area contributed by atoms with Crippen molar-refractivity contribution in [1.29, 1.82) is 0 Å². The summed E-state index contributed by atoms with van der Waals surface area (Å²) in [6.07, 6.45) is 6.12. The van der Waals surface area contributed by atoms with Crippen LogP contribution in [0, 0.1) is 5.82 Å². The number of amides is 5. The van der Waals surface area contributed by atoms with Gasteiger partial charge in [0.2, 0.25) is 11.8 Å². The molecule has 57 heavy (non-hydrogen) atoms. The van der Waals surface area contributed by atoms with E-state index in [0.717, 1.165) is 5.56 Å². The summed E-state index contributed by atoms with van der Waals surface area (Å²) in [4.78, 5) is 75.6. The lowest BCUT2D eigenvalue weighted by molar-refractivity contribution is -0.136. The normalized spacial score (nSPS) is 20.9. The van der Waals surface area contributed by atoms with Gasteiger partial charge in [-0.1, -0.05) is 0 Å². The van der Waals surface area contributed by atoms with E-state index in [2.05, 4.69) is 25.6 Å². The summed E-state index contributed by atoms with van der Waals surface area (Å²) in [5.74, 6) is -2.17. The zero-order valence-corrected chi connectivity index (χ0v) is 31.5. The number of anilines is 2. The highest BCUT2D eigenvalue weighted by molar-refractivity contribution is 6.09. The number of carbonyl (C=O) groups excluding carboxylic acids is 5. The average molecular weight is 782 g/mol. The van der Waals surface area contributed by atoms with E-state index in [-0.39, 0.29) is 68.2 Å². The maximum atomic E-state index is 16.1. The molecular formula is C40H41F2N9O6. The quantitative estimate of drug-likeness (QED) is 0.241. The van der Waals surface area contributed by atoms with Crippen molar-refractivity contribution in [2.75, 3.05) is 42.9 Å². The number of alkyl halides is 1. The molecule has 0 bridgehead atoms. The number of piperidine rings is 2. The van der Waals surface area contributed by atoms with Crippen molar-refractivity contribution >= 4 is 46.6 Å². The predicted molar refractivity (Wildman–Crippen MR) is 201 cm³/mol. The van der Waals surface area contributed by atoms with Crippen LogP contribution in [0.4, 0.5) is 20.2 Å². The fourth-order valence-electron chi connectivity index (χ4n) is 8.78. The van der Waals surface area contributed by atoms with E-state index in [9.17, 15) is 24.0 Å². The number of hydrogen-bond donors (Lipinski definition) is 2.